The van der Waals surface area contributed by atoms with Crippen molar-refractivity contribution in [1.29, 1.82) is 0 Å². The predicted molar refractivity (Wildman–Crippen MR) is 44.1 cm³/mol. The predicted octanol–water partition coefficient (Wildman–Crippen LogP) is 1.41. The largest absolute Gasteiger partial charge is 0.461 e. The zero-order valence-corrected chi connectivity index (χ0v) is 6.82. The third-order valence-electron chi connectivity index (χ3n) is 1.74. The molecular weight excluding hydrogens is 156 g/mol. The Labute approximate surface area is 71.0 Å². The van der Waals surface area contributed by atoms with Gasteiger partial charge in [-0.1, -0.05) is 0 Å². The van der Waals surface area contributed by atoms with E-state index in [1.807, 2.05) is 0 Å². The van der Waals surface area contributed by atoms with Crippen LogP contribution < -0.4 is 0 Å². The summed E-state index contributed by atoms with van der Waals surface area (Å²) in [5.74, 6) is 0.410. The Hall–Kier alpha value is -1.09. The summed E-state index contributed by atoms with van der Waals surface area (Å²) in [4.78, 5) is 10.4. The minimum Gasteiger partial charge on any atom is -0.461 e. The lowest BCUT2D eigenvalue weighted by Gasteiger charge is -1.95. The lowest BCUT2D eigenvalue weighted by molar-refractivity contribution is 0.109. The molecule has 0 bridgehead atoms. The molecule has 0 aliphatic heterocycles. The van der Waals surface area contributed by atoms with Gasteiger partial charge in [-0.25, -0.2) is 0 Å². The van der Waals surface area contributed by atoms with Crippen LogP contribution in [0, 0.1) is 0 Å². The normalized spacial score (nSPS) is 10.1. The molecule has 0 atom stereocenters. The number of unbranched alkanes of at least 4 members (excludes halogenated alkanes) is 1. The van der Waals surface area contributed by atoms with E-state index < -0.39 is 0 Å². The SMILES string of the molecule is O=Cc1occc1CCCCO. The van der Waals surface area contributed by atoms with Crippen molar-refractivity contribution >= 4 is 6.29 Å². The van der Waals surface area contributed by atoms with Gasteiger partial charge in [0, 0.05) is 12.2 Å². The zero-order valence-electron chi connectivity index (χ0n) is 6.82. The van der Waals surface area contributed by atoms with Gasteiger partial charge in [0.05, 0.1) is 6.26 Å². The van der Waals surface area contributed by atoms with E-state index in [0.717, 1.165) is 24.8 Å². The molecule has 3 heteroatoms. The van der Waals surface area contributed by atoms with Crippen LogP contribution in [-0.4, -0.2) is 18.0 Å². The molecule has 0 aliphatic rings. The molecule has 0 saturated carbocycles. The molecule has 1 aromatic heterocycles. The van der Waals surface area contributed by atoms with Crippen LogP contribution in [-0.2, 0) is 6.42 Å². The van der Waals surface area contributed by atoms with Gasteiger partial charge < -0.3 is 9.52 Å². The molecule has 0 amide bonds. The third kappa shape index (κ3) is 2.20. The molecule has 3 nitrogen and oxygen atoms in total. The van der Waals surface area contributed by atoms with Crippen molar-refractivity contribution in [2.75, 3.05) is 6.61 Å². The van der Waals surface area contributed by atoms with E-state index in [4.69, 9.17) is 9.52 Å². The molecule has 66 valence electrons. The standard InChI is InChI=1S/C9H12O3/c10-5-2-1-3-8-4-6-12-9(8)7-11/h4,6-7,10H,1-3,5H2. The molecule has 1 heterocycles. The molecule has 0 aliphatic carbocycles. The number of aliphatic hydroxyl groups excluding tert-OH is 1. The van der Waals surface area contributed by atoms with Crippen molar-refractivity contribution in [3.8, 4) is 0 Å². The molecule has 0 unspecified atom stereocenters. The van der Waals surface area contributed by atoms with Gasteiger partial charge in [0.2, 0.25) is 0 Å². The van der Waals surface area contributed by atoms with Crippen LogP contribution >= 0.6 is 0 Å². The van der Waals surface area contributed by atoms with Crippen molar-refractivity contribution < 1.29 is 14.3 Å². The lowest BCUT2D eigenvalue weighted by atomic mass is 10.1. The fourth-order valence-electron chi connectivity index (χ4n) is 1.08. The van der Waals surface area contributed by atoms with Gasteiger partial charge in [-0.05, 0) is 25.3 Å². The van der Waals surface area contributed by atoms with E-state index in [1.54, 1.807) is 6.07 Å². The van der Waals surface area contributed by atoms with E-state index in [1.165, 1.54) is 6.26 Å². The number of hydrogen-bond donors (Lipinski definition) is 1. The van der Waals surface area contributed by atoms with Crippen LogP contribution in [0.1, 0.15) is 29.0 Å². The minimum absolute atomic E-state index is 0.203. The maximum absolute atomic E-state index is 10.4. The van der Waals surface area contributed by atoms with Gasteiger partial charge in [0.15, 0.2) is 12.0 Å². The highest BCUT2D eigenvalue weighted by atomic mass is 16.3. The molecular formula is C9H12O3. The van der Waals surface area contributed by atoms with Crippen molar-refractivity contribution in [3.05, 3.63) is 23.7 Å². The number of carbonyl (C=O) groups is 1. The van der Waals surface area contributed by atoms with Crippen LogP contribution in [0.15, 0.2) is 16.7 Å². The summed E-state index contributed by atoms with van der Waals surface area (Å²) in [6.07, 6.45) is 4.68. The van der Waals surface area contributed by atoms with Gasteiger partial charge >= 0.3 is 0 Å². The zero-order chi connectivity index (χ0) is 8.81. The van der Waals surface area contributed by atoms with Crippen molar-refractivity contribution in [2.45, 2.75) is 19.3 Å². The van der Waals surface area contributed by atoms with E-state index in [-0.39, 0.29) is 6.61 Å². The number of aliphatic hydroxyl groups is 1. The number of aryl methyl sites for hydroxylation is 1. The summed E-state index contributed by atoms with van der Waals surface area (Å²) < 4.78 is 4.91. The second-order valence-electron chi connectivity index (χ2n) is 2.61. The topological polar surface area (TPSA) is 50.4 Å². The third-order valence-corrected chi connectivity index (χ3v) is 1.74. The molecule has 0 saturated heterocycles. The first-order chi connectivity index (χ1) is 5.88. The second kappa shape index (κ2) is 4.72. The molecule has 0 radical (unpaired) electrons. The number of aldehydes is 1. The molecule has 1 aromatic rings. The van der Waals surface area contributed by atoms with Crippen LogP contribution in [0.3, 0.4) is 0 Å². The van der Waals surface area contributed by atoms with Crippen LogP contribution in [0.25, 0.3) is 0 Å². The fraction of sp³-hybridized carbons (Fsp3) is 0.444. The monoisotopic (exact) mass is 168 g/mol. The first kappa shape index (κ1) is 9.00. The number of furan rings is 1. The van der Waals surface area contributed by atoms with Gasteiger partial charge in [-0.2, -0.15) is 0 Å². The van der Waals surface area contributed by atoms with Gasteiger partial charge in [0.1, 0.15) is 0 Å². The molecule has 1 N–H and O–H groups in total. The molecule has 0 aromatic carbocycles. The van der Waals surface area contributed by atoms with Crippen molar-refractivity contribution in [1.82, 2.24) is 0 Å². The maximum atomic E-state index is 10.4. The second-order valence-corrected chi connectivity index (χ2v) is 2.61. The van der Waals surface area contributed by atoms with Gasteiger partial charge in [0.25, 0.3) is 0 Å². The Balaban J connectivity index is 2.45. The number of rotatable bonds is 5. The highest BCUT2D eigenvalue weighted by molar-refractivity contribution is 5.72. The summed E-state index contributed by atoms with van der Waals surface area (Å²) >= 11 is 0. The van der Waals surface area contributed by atoms with E-state index in [2.05, 4.69) is 0 Å². The van der Waals surface area contributed by atoms with Crippen molar-refractivity contribution in [2.24, 2.45) is 0 Å². The smallest absolute Gasteiger partial charge is 0.185 e. The molecule has 1 rings (SSSR count). The van der Waals surface area contributed by atoms with Crippen LogP contribution in [0.4, 0.5) is 0 Å². The van der Waals surface area contributed by atoms with Gasteiger partial charge in [-0.3, -0.25) is 4.79 Å². The molecule has 0 fully saturated rings. The minimum atomic E-state index is 0.203. The van der Waals surface area contributed by atoms with Crippen LogP contribution in [0.2, 0.25) is 0 Å². The van der Waals surface area contributed by atoms with Gasteiger partial charge in [-0.15, -0.1) is 0 Å². The number of hydrogen-bond acceptors (Lipinski definition) is 3. The Morgan fingerprint density at radius 1 is 1.50 bits per heavy atom. The summed E-state index contributed by atoms with van der Waals surface area (Å²) in [5, 5.41) is 8.53. The molecule has 0 spiro atoms. The average Bonchev–Trinajstić information content (AvgIpc) is 2.52. The van der Waals surface area contributed by atoms with E-state index in [0.29, 0.717) is 12.0 Å². The summed E-state index contributed by atoms with van der Waals surface area (Å²) in [7, 11) is 0. The quantitative estimate of drug-likeness (QED) is 0.534. The first-order valence-corrected chi connectivity index (χ1v) is 4.01. The summed E-state index contributed by atoms with van der Waals surface area (Å²) in [6, 6.07) is 1.79. The molecule has 12 heavy (non-hydrogen) atoms. The van der Waals surface area contributed by atoms with Crippen LogP contribution in [0.5, 0.6) is 0 Å². The van der Waals surface area contributed by atoms with E-state index in [9.17, 15) is 4.79 Å². The Kier molecular flexibility index (Phi) is 3.54. The number of carbonyl (C=O) groups excluding carboxylic acids is 1. The van der Waals surface area contributed by atoms with Crippen molar-refractivity contribution in [3.63, 3.8) is 0 Å². The summed E-state index contributed by atoms with van der Waals surface area (Å²) in [5.41, 5.74) is 0.929. The highest BCUT2D eigenvalue weighted by Crippen LogP contribution is 2.11. The first-order valence-electron chi connectivity index (χ1n) is 4.01. The Morgan fingerprint density at radius 3 is 3.00 bits per heavy atom. The van der Waals surface area contributed by atoms with E-state index >= 15 is 0 Å². The fourth-order valence-corrected chi connectivity index (χ4v) is 1.08. The Bertz CT molecular complexity index is 240. The summed E-state index contributed by atoms with van der Waals surface area (Å²) in [6.45, 7) is 0.203. The highest BCUT2D eigenvalue weighted by Gasteiger charge is 2.03. The lowest BCUT2D eigenvalue weighted by Crippen LogP contribution is -1.90. The Morgan fingerprint density at radius 2 is 2.33 bits per heavy atom. The maximum Gasteiger partial charge on any atom is 0.185 e. The average molecular weight is 168 g/mol.